The summed E-state index contributed by atoms with van der Waals surface area (Å²) >= 11 is 0. The normalized spacial score (nSPS) is 11.1. The number of carboxylic acids is 1. The molecule has 0 bridgehead atoms. The molecule has 0 spiro atoms. The smallest absolute Gasteiger partial charge is 0.335 e. The Labute approximate surface area is 99.4 Å². The zero-order valence-electron chi connectivity index (χ0n) is 9.30. The maximum Gasteiger partial charge on any atom is 0.335 e. The Morgan fingerprint density at radius 2 is 2.12 bits per heavy atom. The van der Waals surface area contributed by atoms with Gasteiger partial charge in [-0.15, -0.1) is 0 Å². The van der Waals surface area contributed by atoms with Crippen molar-refractivity contribution >= 4 is 27.2 Å². The lowest BCUT2D eigenvalue weighted by Gasteiger charge is -2.09. The lowest BCUT2D eigenvalue weighted by atomic mass is 10.2. The highest BCUT2D eigenvalue weighted by Crippen LogP contribution is 2.19. The van der Waals surface area contributed by atoms with Gasteiger partial charge in [0.2, 0.25) is 0 Å². The first-order valence-corrected chi connectivity index (χ1v) is 6.90. The molecule has 0 saturated heterocycles. The maximum atomic E-state index is 10.9. The molecule has 0 heterocycles. The van der Waals surface area contributed by atoms with E-state index < -0.39 is 15.8 Å². The Balaban J connectivity index is 2.76. The van der Waals surface area contributed by atoms with Crippen LogP contribution in [0.3, 0.4) is 0 Å². The Morgan fingerprint density at radius 3 is 2.65 bits per heavy atom. The first-order chi connectivity index (χ1) is 7.79. The second kappa shape index (κ2) is 5.05. The van der Waals surface area contributed by atoms with E-state index in [0.717, 1.165) is 6.26 Å². The van der Waals surface area contributed by atoms with Crippen molar-refractivity contribution < 1.29 is 18.3 Å². The van der Waals surface area contributed by atoms with E-state index in [2.05, 4.69) is 5.32 Å². The van der Waals surface area contributed by atoms with Crippen LogP contribution in [0.5, 0.6) is 0 Å². The summed E-state index contributed by atoms with van der Waals surface area (Å²) in [7, 11) is -3.05. The van der Waals surface area contributed by atoms with Gasteiger partial charge in [0, 0.05) is 12.8 Å². The van der Waals surface area contributed by atoms with Crippen LogP contribution in [0, 0.1) is 0 Å². The second-order valence-electron chi connectivity index (χ2n) is 3.66. The summed E-state index contributed by atoms with van der Waals surface area (Å²) in [5.41, 5.74) is 6.54. The van der Waals surface area contributed by atoms with Crippen molar-refractivity contribution in [3.63, 3.8) is 0 Å². The molecule has 0 radical (unpaired) electrons. The summed E-state index contributed by atoms with van der Waals surface area (Å²) < 4.78 is 21.8. The van der Waals surface area contributed by atoms with Crippen LogP contribution in [-0.4, -0.2) is 38.0 Å². The maximum absolute atomic E-state index is 10.9. The fourth-order valence-electron chi connectivity index (χ4n) is 1.21. The molecule has 4 N–H and O–H groups in total. The van der Waals surface area contributed by atoms with Crippen LogP contribution in [0.1, 0.15) is 10.4 Å². The summed E-state index contributed by atoms with van der Waals surface area (Å²) in [4.78, 5) is 10.7. The molecule has 0 saturated carbocycles. The van der Waals surface area contributed by atoms with E-state index in [0.29, 0.717) is 11.4 Å². The van der Waals surface area contributed by atoms with Crippen LogP contribution < -0.4 is 11.1 Å². The quantitative estimate of drug-likeness (QED) is 0.660. The van der Waals surface area contributed by atoms with E-state index in [9.17, 15) is 13.2 Å². The van der Waals surface area contributed by atoms with Gasteiger partial charge < -0.3 is 16.2 Å². The van der Waals surface area contributed by atoms with Crippen molar-refractivity contribution in [3.8, 4) is 0 Å². The number of nitrogens with two attached hydrogens (primary N) is 1. The van der Waals surface area contributed by atoms with Crippen molar-refractivity contribution in [2.75, 3.05) is 29.6 Å². The third kappa shape index (κ3) is 4.31. The standard InChI is InChI=1S/C10H14N2O4S/c1-17(15,16)5-4-12-9-6-7(10(13)14)2-3-8(9)11/h2-3,6,12H,4-5,11H2,1H3,(H,13,14). The van der Waals surface area contributed by atoms with Gasteiger partial charge in [-0.25, -0.2) is 13.2 Å². The minimum Gasteiger partial charge on any atom is -0.478 e. The number of hydrogen-bond acceptors (Lipinski definition) is 5. The van der Waals surface area contributed by atoms with Crippen LogP contribution in [-0.2, 0) is 9.84 Å². The number of carboxylic acid groups (broad SMARTS) is 1. The van der Waals surface area contributed by atoms with Gasteiger partial charge in [0.25, 0.3) is 0 Å². The molecule has 17 heavy (non-hydrogen) atoms. The predicted molar refractivity (Wildman–Crippen MR) is 66.0 cm³/mol. The summed E-state index contributed by atoms with van der Waals surface area (Å²) in [6.07, 6.45) is 1.13. The minimum absolute atomic E-state index is 0.0380. The topological polar surface area (TPSA) is 109 Å². The predicted octanol–water partition coefficient (Wildman–Crippen LogP) is 0.423. The number of anilines is 2. The molecular formula is C10H14N2O4S. The largest absolute Gasteiger partial charge is 0.478 e. The summed E-state index contributed by atoms with van der Waals surface area (Å²) in [5, 5.41) is 11.6. The van der Waals surface area contributed by atoms with Crippen molar-refractivity contribution in [1.29, 1.82) is 0 Å². The zero-order valence-corrected chi connectivity index (χ0v) is 10.1. The molecule has 0 unspecified atom stereocenters. The Bertz CT molecular complexity index is 525. The minimum atomic E-state index is -3.05. The van der Waals surface area contributed by atoms with Crippen LogP contribution in [0.4, 0.5) is 11.4 Å². The van der Waals surface area contributed by atoms with Gasteiger partial charge in [-0.3, -0.25) is 0 Å². The Morgan fingerprint density at radius 1 is 1.47 bits per heavy atom. The summed E-state index contributed by atoms with van der Waals surface area (Å²) in [6, 6.07) is 4.23. The van der Waals surface area contributed by atoms with Gasteiger partial charge in [-0.2, -0.15) is 0 Å². The van der Waals surface area contributed by atoms with Gasteiger partial charge in [0.05, 0.1) is 22.7 Å². The number of nitrogen functional groups attached to an aromatic ring is 1. The highest BCUT2D eigenvalue weighted by atomic mass is 32.2. The van der Waals surface area contributed by atoms with E-state index >= 15 is 0 Å². The SMILES string of the molecule is CS(=O)(=O)CCNc1cc(C(=O)O)ccc1N. The van der Waals surface area contributed by atoms with E-state index in [-0.39, 0.29) is 17.9 Å². The van der Waals surface area contributed by atoms with Crippen molar-refractivity contribution in [2.24, 2.45) is 0 Å². The van der Waals surface area contributed by atoms with Gasteiger partial charge in [0.15, 0.2) is 0 Å². The molecule has 0 aliphatic rings. The number of carbonyl (C=O) groups is 1. The van der Waals surface area contributed by atoms with Crippen molar-refractivity contribution in [2.45, 2.75) is 0 Å². The van der Waals surface area contributed by atoms with E-state index in [1.54, 1.807) is 0 Å². The number of benzene rings is 1. The van der Waals surface area contributed by atoms with Crippen molar-refractivity contribution in [3.05, 3.63) is 23.8 Å². The lowest BCUT2D eigenvalue weighted by Crippen LogP contribution is -2.15. The molecule has 0 aliphatic heterocycles. The number of rotatable bonds is 5. The van der Waals surface area contributed by atoms with Gasteiger partial charge in [-0.1, -0.05) is 0 Å². The summed E-state index contributed by atoms with van der Waals surface area (Å²) in [5.74, 6) is -1.10. The average Bonchev–Trinajstić information content (AvgIpc) is 2.18. The molecule has 1 aromatic rings. The number of hydrogen-bond donors (Lipinski definition) is 3. The second-order valence-corrected chi connectivity index (χ2v) is 5.92. The average molecular weight is 258 g/mol. The molecule has 0 fully saturated rings. The molecule has 0 aromatic heterocycles. The molecule has 6 nitrogen and oxygen atoms in total. The highest BCUT2D eigenvalue weighted by Gasteiger charge is 2.07. The molecule has 0 amide bonds. The monoisotopic (exact) mass is 258 g/mol. The van der Waals surface area contributed by atoms with Crippen molar-refractivity contribution in [1.82, 2.24) is 0 Å². The van der Waals surface area contributed by atoms with Gasteiger partial charge >= 0.3 is 5.97 Å². The molecule has 7 heteroatoms. The van der Waals surface area contributed by atoms with Crippen LogP contribution >= 0.6 is 0 Å². The number of sulfone groups is 1. The summed E-state index contributed by atoms with van der Waals surface area (Å²) in [6.45, 7) is 0.187. The third-order valence-electron chi connectivity index (χ3n) is 2.09. The first kappa shape index (κ1) is 13.3. The first-order valence-electron chi connectivity index (χ1n) is 4.84. The molecule has 94 valence electrons. The molecular weight excluding hydrogens is 244 g/mol. The Hall–Kier alpha value is -1.76. The molecule has 1 rings (SSSR count). The highest BCUT2D eigenvalue weighted by molar-refractivity contribution is 7.90. The number of nitrogens with one attached hydrogen (secondary N) is 1. The Kier molecular flexibility index (Phi) is 3.95. The fraction of sp³-hybridized carbons (Fsp3) is 0.300. The van der Waals surface area contributed by atoms with Gasteiger partial charge in [-0.05, 0) is 18.2 Å². The van der Waals surface area contributed by atoms with Crippen LogP contribution in [0.2, 0.25) is 0 Å². The molecule has 1 aromatic carbocycles. The molecule has 0 aliphatic carbocycles. The third-order valence-corrected chi connectivity index (χ3v) is 3.03. The van der Waals surface area contributed by atoms with E-state index in [1.807, 2.05) is 0 Å². The number of aromatic carboxylic acids is 1. The van der Waals surface area contributed by atoms with Crippen LogP contribution in [0.25, 0.3) is 0 Å². The van der Waals surface area contributed by atoms with Gasteiger partial charge in [0.1, 0.15) is 9.84 Å². The van der Waals surface area contributed by atoms with Crippen LogP contribution in [0.15, 0.2) is 18.2 Å². The van der Waals surface area contributed by atoms with E-state index in [1.165, 1.54) is 18.2 Å². The van der Waals surface area contributed by atoms with E-state index in [4.69, 9.17) is 10.8 Å². The lowest BCUT2D eigenvalue weighted by molar-refractivity contribution is 0.0697. The zero-order chi connectivity index (χ0) is 13.1. The fourth-order valence-corrected chi connectivity index (χ4v) is 1.69. The molecule has 0 atom stereocenters.